The summed E-state index contributed by atoms with van der Waals surface area (Å²) >= 11 is 0. The molecular weight excluding hydrogens is 236 g/mol. The number of hydrogen-bond donors (Lipinski definition) is 2. The average Bonchev–Trinajstić information content (AvgIpc) is 2.24. The monoisotopic (exact) mass is 258 g/mol. The maximum atomic E-state index is 11.9. The number of carbonyl (C=O) groups excluding carboxylic acids is 1. The van der Waals surface area contributed by atoms with Crippen LogP contribution in [0, 0.1) is 0 Å². The Hall–Kier alpha value is -1.30. The first-order chi connectivity index (χ1) is 8.28. The number of piperidine rings is 1. The summed E-state index contributed by atoms with van der Waals surface area (Å²) in [6.45, 7) is 6.58. The maximum Gasteiger partial charge on any atom is 0.410 e. The first-order valence-corrected chi connectivity index (χ1v) is 6.21. The molecule has 0 aromatic heterocycles. The minimum Gasteiger partial charge on any atom is -0.480 e. The molecule has 0 aromatic rings. The predicted octanol–water partition coefficient (Wildman–Crippen LogP) is 1.06. The Morgan fingerprint density at radius 1 is 1.44 bits per heavy atom. The van der Waals surface area contributed by atoms with Gasteiger partial charge in [0, 0.05) is 19.1 Å². The van der Waals surface area contributed by atoms with Gasteiger partial charge in [-0.2, -0.15) is 0 Å². The van der Waals surface area contributed by atoms with E-state index in [1.165, 1.54) is 0 Å². The zero-order chi connectivity index (χ0) is 13.8. The van der Waals surface area contributed by atoms with Crippen LogP contribution in [0.3, 0.4) is 0 Å². The van der Waals surface area contributed by atoms with Crippen molar-refractivity contribution in [1.29, 1.82) is 0 Å². The largest absolute Gasteiger partial charge is 0.480 e. The van der Waals surface area contributed by atoms with Crippen molar-refractivity contribution in [3.63, 3.8) is 0 Å². The molecule has 1 rings (SSSR count). The Morgan fingerprint density at radius 2 is 2.11 bits per heavy atom. The van der Waals surface area contributed by atoms with Crippen molar-refractivity contribution in [3.05, 3.63) is 0 Å². The highest BCUT2D eigenvalue weighted by molar-refractivity contribution is 5.69. The summed E-state index contributed by atoms with van der Waals surface area (Å²) in [5.74, 6) is -0.885. The number of likely N-dealkylation sites (tertiary alicyclic amines) is 1. The highest BCUT2D eigenvalue weighted by atomic mass is 16.6. The number of nitrogens with zero attached hydrogens (tertiary/aromatic N) is 1. The van der Waals surface area contributed by atoms with E-state index in [9.17, 15) is 9.59 Å². The second-order valence-electron chi connectivity index (χ2n) is 5.54. The van der Waals surface area contributed by atoms with Crippen molar-refractivity contribution in [1.82, 2.24) is 10.2 Å². The number of ether oxygens (including phenoxy) is 1. The standard InChI is InChI=1S/C12H22N2O4/c1-12(2,3)18-11(17)14-6-4-5-9(8-14)13-7-10(15)16/h9,13H,4-8H2,1-3H3,(H,15,16)/t9-/m1/s1. The van der Waals surface area contributed by atoms with E-state index < -0.39 is 11.6 Å². The van der Waals surface area contributed by atoms with Crippen LogP contribution < -0.4 is 5.32 Å². The molecule has 18 heavy (non-hydrogen) atoms. The first-order valence-electron chi connectivity index (χ1n) is 6.21. The quantitative estimate of drug-likeness (QED) is 0.791. The SMILES string of the molecule is CC(C)(C)OC(=O)N1CCC[C@@H](NCC(=O)O)C1. The summed E-state index contributed by atoms with van der Waals surface area (Å²) in [5.41, 5.74) is -0.501. The molecule has 1 amide bonds. The third-order valence-corrected chi connectivity index (χ3v) is 2.62. The Bertz CT molecular complexity index is 312. The molecule has 104 valence electrons. The third-order valence-electron chi connectivity index (χ3n) is 2.62. The Morgan fingerprint density at radius 3 is 2.67 bits per heavy atom. The highest BCUT2D eigenvalue weighted by Gasteiger charge is 2.27. The molecule has 0 aliphatic carbocycles. The molecule has 0 unspecified atom stereocenters. The topological polar surface area (TPSA) is 78.9 Å². The number of hydrogen-bond acceptors (Lipinski definition) is 4. The van der Waals surface area contributed by atoms with Gasteiger partial charge in [0.2, 0.25) is 0 Å². The van der Waals surface area contributed by atoms with Crippen molar-refractivity contribution >= 4 is 12.1 Å². The normalized spacial score (nSPS) is 20.6. The van der Waals surface area contributed by atoms with Crippen LogP contribution in [0.1, 0.15) is 33.6 Å². The van der Waals surface area contributed by atoms with Gasteiger partial charge in [0.1, 0.15) is 5.60 Å². The molecule has 0 spiro atoms. The van der Waals surface area contributed by atoms with E-state index in [1.807, 2.05) is 20.8 Å². The molecule has 1 fully saturated rings. The van der Waals surface area contributed by atoms with Gasteiger partial charge in [-0.05, 0) is 33.6 Å². The fourth-order valence-electron chi connectivity index (χ4n) is 1.87. The van der Waals surface area contributed by atoms with E-state index in [1.54, 1.807) is 4.90 Å². The van der Waals surface area contributed by atoms with E-state index in [0.29, 0.717) is 13.1 Å². The van der Waals surface area contributed by atoms with Gasteiger partial charge < -0.3 is 20.1 Å². The van der Waals surface area contributed by atoms with Crippen LogP contribution in [0.4, 0.5) is 4.79 Å². The number of nitrogens with one attached hydrogen (secondary N) is 1. The lowest BCUT2D eigenvalue weighted by Gasteiger charge is -2.34. The zero-order valence-corrected chi connectivity index (χ0v) is 11.2. The van der Waals surface area contributed by atoms with Gasteiger partial charge in [-0.15, -0.1) is 0 Å². The minimum atomic E-state index is -0.885. The summed E-state index contributed by atoms with van der Waals surface area (Å²) in [5, 5.41) is 11.5. The predicted molar refractivity (Wildman–Crippen MR) is 66.5 cm³/mol. The van der Waals surface area contributed by atoms with Crippen molar-refractivity contribution < 1.29 is 19.4 Å². The lowest BCUT2D eigenvalue weighted by atomic mass is 10.1. The fraction of sp³-hybridized carbons (Fsp3) is 0.833. The lowest BCUT2D eigenvalue weighted by molar-refractivity contribution is -0.136. The summed E-state index contributed by atoms with van der Waals surface area (Å²) < 4.78 is 5.29. The maximum absolute atomic E-state index is 11.9. The van der Waals surface area contributed by atoms with Gasteiger partial charge >= 0.3 is 12.1 Å². The molecular formula is C12H22N2O4. The summed E-state index contributed by atoms with van der Waals surface area (Å²) in [4.78, 5) is 24.0. The Balaban J connectivity index is 2.43. The molecule has 6 nitrogen and oxygen atoms in total. The van der Waals surface area contributed by atoms with Crippen LogP contribution in [-0.2, 0) is 9.53 Å². The van der Waals surface area contributed by atoms with E-state index in [2.05, 4.69) is 5.32 Å². The van der Waals surface area contributed by atoms with E-state index in [0.717, 1.165) is 12.8 Å². The van der Waals surface area contributed by atoms with Gasteiger partial charge in [0.05, 0.1) is 6.54 Å². The van der Waals surface area contributed by atoms with Crippen molar-refractivity contribution in [2.24, 2.45) is 0 Å². The molecule has 1 aliphatic heterocycles. The molecule has 1 heterocycles. The van der Waals surface area contributed by atoms with Crippen LogP contribution in [0.15, 0.2) is 0 Å². The molecule has 6 heteroatoms. The van der Waals surface area contributed by atoms with Gasteiger partial charge in [-0.1, -0.05) is 0 Å². The van der Waals surface area contributed by atoms with Crippen LogP contribution >= 0.6 is 0 Å². The van der Waals surface area contributed by atoms with Gasteiger partial charge in [-0.3, -0.25) is 4.79 Å². The van der Waals surface area contributed by atoms with Crippen LogP contribution in [0.25, 0.3) is 0 Å². The van der Waals surface area contributed by atoms with Gasteiger partial charge in [0.15, 0.2) is 0 Å². The second kappa shape index (κ2) is 6.04. The summed E-state index contributed by atoms with van der Waals surface area (Å²) in [6.07, 6.45) is 1.41. The van der Waals surface area contributed by atoms with Crippen molar-refractivity contribution in [3.8, 4) is 0 Å². The van der Waals surface area contributed by atoms with Crippen LogP contribution in [-0.4, -0.2) is 53.3 Å². The van der Waals surface area contributed by atoms with Gasteiger partial charge in [0.25, 0.3) is 0 Å². The Labute approximate surface area is 107 Å². The van der Waals surface area contributed by atoms with Crippen LogP contribution in [0.2, 0.25) is 0 Å². The Kier molecular flexibility index (Phi) is 4.95. The molecule has 1 atom stereocenters. The smallest absolute Gasteiger partial charge is 0.410 e. The summed E-state index contributed by atoms with van der Waals surface area (Å²) in [7, 11) is 0. The van der Waals surface area contributed by atoms with Crippen molar-refractivity contribution in [2.75, 3.05) is 19.6 Å². The molecule has 0 radical (unpaired) electrons. The molecule has 2 N–H and O–H groups in total. The molecule has 0 saturated carbocycles. The van der Waals surface area contributed by atoms with Crippen molar-refractivity contribution in [2.45, 2.75) is 45.3 Å². The van der Waals surface area contributed by atoms with E-state index in [4.69, 9.17) is 9.84 Å². The molecule has 0 aromatic carbocycles. The number of aliphatic carboxylic acids is 1. The first kappa shape index (κ1) is 14.8. The zero-order valence-electron chi connectivity index (χ0n) is 11.2. The second-order valence-corrected chi connectivity index (χ2v) is 5.54. The van der Waals surface area contributed by atoms with E-state index >= 15 is 0 Å². The number of carboxylic acids is 1. The molecule has 1 saturated heterocycles. The van der Waals surface area contributed by atoms with Crippen LogP contribution in [0.5, 0.6) is 0 Å². The molecule has 1 aliphatic rings. The average molecular weight is 258 g/mol. The minimum absolute atomic E-state index is 0.0300. The highest BCUT2D eigenvalue weighted by Crippen LogP contribution is 2.15. The van der Waals surface area contributed by atoms with Gasteiger partial charge in [-0.25, -0.2) is 4.79 Å². The lowest BCUT2D eigenvalue weighted by Crippen LogP contribution is -2.50. The number of amides is 1. The third kappa shape index (κ3) is 5.35. The molecule has 0 bridgehead atoms. The fourth-order valence-corrected chi connectivity index (χ4v) is 1.87. The summed E-state index contributed by atoms with van der Waals surface area (Å²) in [6, 6.07) is 0.0300. The number of rotatable bonds is 3. The van der Waals surface area contributed by atoms with E-state index in [-0.39, 0.29) is 18.7 Å². The number of carboxylic acid groups (broad SMARTS) is 1. The number of carbonyl (C=O) groups is 2.